The summed E-state index contributed by atoms with van der Waals surface area (Å²) < 4.78 is 0. The third-order valence-electron chi connectivity index (χ3n) is 4.39. The number of hydrogen-bond acceptors (Lipinski definition) is 3. The summed E-state index contributed by atoms with van der Waals surface area (Å²) in [5.41, 5.74) is 3.63. The first-order chi connectivity index (χ1) is 17.6. The number of aromatic nitrogens is 3. The predicted molar refractivity (Wildman–Crippen MR) is 155 cm³/mol. The van der Waals surface area contributed by atoms with Crippen molar-refractivity contribution in [2.75, 3.05) is 0 Å². The van der Waals surface area contributed by atoms with Crippen LogP contribution in [-0.2, 0) is 19.3 Å². The summed E-state index contributed by atoms with van der Waals surface area (Å²) >= 11 is 0. The molecule has 192 valence electrons. The fraction of sp³-hybridized carbons (Fsp3) is 0.364. The first-order valence-corrected chi connectivity index (χ1v) is 13.4. The normalized spacial score (nSPS) is 9.50. The lowest BCUT2D eigenvalue weighted by Crippen LogP contribution is -2.09. The van der Waals surface area contributed by atoms with Crippen LogP contribution in [0.4, 0.5) is 0 Å². The minimum absolute atomic E-state index is 0.715. The summed E-state index contributed by atoms with van der Waals surface area (Å²) in [7, 11) is 0. The van der Waals surface area contributed by atoms with E-state index in [0.29, 0.717) is 19.3 Å². The summed E-state index contributed by atoms with van der Waals surface area (Å²) in [6, 6.07) is 31.0. The van der Waals surface area contributed by atoms with E-state index in [0.717, 1.165) is 17.5 Å². The minimum atomic E-state index is 0.715. The van der Waals surface area contributed by atoms with Gasteiger partial charge < -0.3 is 0 Å². The molecule has 4 rings (SSSR count). The van der Waals surface area contributed by atoms with E-state index in [2.05, 4.69) is 77.9 Å². The van der Waals surface area contributed by atoms with Crippen molar-refractivity contribution in [2.45, 2.75) is 80.1 Å². The summed E-state index contributed by atoms with van der Waals surface area (Å²) in [4.78, 5) is 14.2. The standard InChI is InChI=1S/C24H21N3.3C3H8/c1-4-10-19(11-5-1)16-22-25-23(17-20-12-6-2-7-13-20)27-24(26-22)18-21-14-8-3-9-15-21;3*1-3-2/h1-15H,16-18H2;3*3H2,1-2H3. The molecule has 0 radical (unpaired) electrons. The Morgan fingerprint density at radius 1 is 0.361 bits per heavy atom. The van der Waals surface area contributed by atoms with Crippen molar-refractivity contribution in [3.05, 3.63) is 125 Å². The molecule has 0 saturated carbocycles. The maximum absolute atomic E-state index is 4.74. The van der Waals surface area contributed by atoms with Crippen LogP contribution in [0, 0.1) is 0 Å². The molecule has 0 spiro atoms. The Bertz CT molecular complexity index is 883. The molecule has 36 heavy (non-hydrogen) atoms. The molecule has 3 heteroatoms. The lowest BCUT2D eigenvalue weighted by Gasteiger charge is -2.08. The highest BCUT2D eigenvalue weighted by molar-refractivity contribution is 5.24. The van der Waals surface area contributed by atoms with Gasteiger partial charge >= 0.3 is 0 Å². The van der Waals surface area contributed by atoms with E-state index in [1.165, 1.54) is 36.0 Å². The largest absolute Gasteiger partial charge is 0.217 e. The van der Waals surface area contributed by atoms with Gasteiger partial charge in [-0.2, -0.15) is 0 Å². The minimum Gasteiger partial charge on any atom is -0.217 e. The topological polar surface area (TPSA) is 38.7 Å². The quantitative estimate of drug-likeness (QED) is 0.275. The highest BCUT2D eigenvalue weighted by atomic mass is 15.0. The van der Waals surface area contributed by atoms with Crippen LogP contribution >= 0.6 is 0 Å². The van der Waals surface area contributed by atoms with Gasteiger partial charge in [0, 0.05) is 19.3 Å². The summed E-state index contributed by atoms with van der Waals surface area (Å²) in [5.74, 6) is 2.48. The van der Waals surface area contributed by atoms with Crippen molar-refractivity contribution in [3.8, 4) is 0 Å². The first kappa shape index (κ1) is 30.7. The number of nitrogens with zero attached hydrogens (tertiary/aromatic N) is 3. The van der Waals surface area contributed by atoms with E-state index in [-0.39, 0.29) is 0 Å². The highest BCUT2D eigenvalue weighted by Gasteiger charge is 2.09. The van der Waals surface area contributed by atoms with E-state index in [4.69, 9.17) is 15.0 Å². The smallest absolute Gasteiger partial charge is 0.137 e. The molecular weight excluding hydrogens is 438 g/mol. The van der Waals surface area contributed by atoms with Gasteiger partial charge in [0.25, 0.3) is 0 Å². The lowest BCUT2D eigenvalue weighted by atomic mass is 10.1. The maximum atomic E-state index is 4.74. The Morgan fingerprint density at radius 3 is 0.750 bits per heavy atom. The van der Waals surface area contributed by atoms with Crippen LogP contribution in [0.3, 0.4) is 0 Å². The van der Waals surface area contributed by atoms with Gasteiger partial charge in [-0.1, -0.05) is 152 Å². The molecule has 0 N–H and O–H groups in total. The first-order valence-electron chi connectivity index (χ1n) is 13.4. The zero-order chi connectivity index (χ0) is 26.4. The van der Waals surface area contributed by atoms with Gasteiger partial charge in [-0.15, -0.1) is 0 Å². The second-order valence-electron chi connectivity index (χ2n) is 8.69. The van der Waals surface area contributed by atoms with Crippen molar-refractivity contribution < 1.29 is 0 Å². The molecule has 0 atom stereocenters. The van der Waals surface area contributed by atoms with E-state index >= 15 is 0 Å². The molecular formula is C33H45N3. The molecule has 0 unspecified atom stereocenters. The second-order valence-corrected chi connectivity index (χ2v) is 8.69. The van der Waals surface area contributed by atoms with Crippen LogP contribution in [0.25, 0.3) is 0 Å². The van der Waals surface area contributed by atoms with Gasteiger partial charge in [-0.05, 0) is 16.7 Å². The van der Waals surface area contributed by atoms with E-state index < -0.39 is 0 Å². The van der Waals surface area contributed by atoms with Gasteiger partial charge in [-0.25, -0.2) is 15.0 Å². The number of hydrogen-bond donors (Lipinski definition) is 0. The van der Waals surface area contributed by atoms with Crippen molar-refractivity contribution >= 4 is 0 Å². The molecule has 0 aliphatic heterocycles. The third-order valence-corrected chi connectivity index (χ3v) is 4.39. The van der Waals surface area contributed by atoms with E-state index in [1.807, 2.05) is 54.6 Å². The average molecular weight is 484 g/mol. The average Bonchev–Trinajstić information content (AvgIpc) is 2.87. The number of benzene rings is 3. The van der Waals surface area contributed by atoms with Gasteiger partial charge in [0.1, 0.15) is 17.5 Å². The molecule has 0 fully saturated rings. The Hall–Kier alpha value is -3.33. The Labute approximate surface area is 220 Å². The second kappa shape index (κ2) is 19.9. The number of rotatable bonds is 6. The molecule has 3 aromatic carbocycles. The van der Waals surface area contributed by atoms with Crippen LogP contribution in [0.5, 0.6) is 0 Å². The lowest BCUT2D eigenvalue weighted by molar-refractivity contribution is 0.797. The molecule has 3 nitrogen and oxygen atoms in total. The zero-order valence-corrected chi connectivity index (χ0v) is 23.2. The molecule has 1 heterocycles. The van der Waals surface area contributed by atoms with Crippen LogP contribution in [0.2, 0.25) is 0 Å². The Balaban J connectivity index is 0.000000633. The maximum Gasteiger partial charge on any atom is 0.137 e. The monoisotopic (exact) mass is 483 g/mol. The Kier molecular flexibility index (Phi) is 17.0. The molecule has 0 amide bonds. The molecule has 0 saturated heterocycles. The fourth-order valence-electron chi connectivity index (χ4n) is 3.09. The van der Waals surface area contributed by atoms with Gasteiger partial charge in [0.2, 0.25) is 0 Å². The van der Waals surface area contributed by atoms with Crippen molar-refractivity contribution in [2.24, 2.45) is 0 Å². The van der Waals surface area contributed by atoms with Crippen LogP contribution in [0.15, 0.2) is 91.0 Å². The van der Waals surface area contributed by atoms with Crippen molar-refractivity contribution in [3.63, 3.8) is 0 Å². The van der Waals surface area contributed by atoms with Crippen molar-refractivity contribution in [1.82, 2.24) is 15.0 Å². The van der Waals surface area contributed by atoms with Crippen LogP contribution < -0.4 is 0 Å². The Morgan fingerprint density at radius 2 is 0.556 bits per heavy atom. The summed E-state index contributed by atoms with van der Waals surface area (Å²) in [5, 5.41) is 0. The summed E-state index contributed by atoms with van der Waals surface area (Å²) in [6.45, 7) is 12.8. The molecule has 4 aromatic rings. The molecule has 1 aromatic heterocycles. The zero-order valence-electron chi connectivity index (χ0n) is 23.2. The van der Waals surface area contributed by atoms with Gasteiger partial charge in [-0.3, -0.25) is 0 Å². The SMILES string of the molecule is CCC.CCC.CCC.c1ccc(Cc2nc(Cc3ccccc3)nc(Cc3ccccc3)n2)cc1. The summed E-state index contributed by atoms with van der Waals surface area (Å²) in [6.07, 6.45) is 5.90. The van der Waals surface area contributed by atoms with Crippen LogP contribution in [0.1, 0.15) is 95.0 Å². The van der Waals surface area contributed by atoms with E-state index in [1.54, 1.807) is 0 Å². The van der Waals surface area contributed by atoms with Crippen LogP contribution in [-0.4, -0.2) is 15.0 Å². The predicted octanol–water partition coefficient (Wildman–Crippen LogP) is 8.89. The molecule has 0 aliphatic carbocycles. The molecule has 0 bridgehead atoms. The van der Waals surface area contributed by atoms with Gasteiger partial charge in [0.15, 0.2) is 0 Å². The van der Waals surface area contributed by atoms with Gasteiger partial charge in [0.05, 0.1) is 0 Å². The highest BCUT2D eigenvalue weighted by Crippen LogP contribution is 2.12. The fourth-order valence-corrected chi connectivity index (χ4v) is 3.09. The van der Waals surface area contributed by atoms with Crippen molar-refractivity contribution in [1.29, 1.82) is 0 Å². The van der Waals surface area contributed by atoms with E-state index in [9.17, 15) is 0 Å². The molecule has 0 aliphatic rings. The third kappa shape index (κ3) is 13.5.